The fourth-order valence-electron chi connectivity index (χ4n) is 3.86. The summed E-state index contributed by atoms with van der Waals surface area (Å²) in [6, 6.07) is 15.8. The summed E-state index contributed by atoms with van der Waals surface area (Å²) in [6.07, 6.45) is 6.07. The van der Waals surface area contributed by atoms with Crippen LogP contribution in [0.1, 0.15) is 21.5 Å². The molecule has 1 aliphatic rings. The zero-order valence-electron chi connectivity index (χ0n) is 17.5. The lowest BCUT2D eigenvalue weighted by molar-refractivity contribution is 0.0293. The van der Waals surface area contributed by atoms with Crippen LogP contribution in [0.15, 0.2) is 71.6 Å². The van der Waals surface area contributed by atoms with Crippen molar-refractivity contribution < 1.29 is 13.9 Å². The number of halogens is 1. The van der Waals surface area contributed by atoms with Gasteiger partial charge in [-0.25, -0.2) is 0 Å². The summed E-state index contributed by atoms with van der Waals surface area (Å²) in [5.74, 6) is -0.202. The number of nitrogens with one attached hydrogen (secondary N) is 2. The molecule has 1 fully saturated rings. The second-order valence-electron chi connectivity index (χ2n) is 7.74. The van der Waals surface area contributed by atoms with Gasteiger partial charge < -0.3 is 19.8 Å². The number of benzene rings is 2. The van der Waals surface area contributed by atoms with Crippen LogP contribution in [0.5, 0.6) is 0 Å². The summed E-state index contributed by atoms with van der Waals surface area (Å²) in [5.41, 5.74) is 4.19. The third-order valence-electron chi connectivity index (χ3n) is 5.45. The van der Waals surface area contributed by atoms with Crippen LogP contribution in [-0.4, -0.2) is 41.5 Å². The molecule has 5 rings (SSSR count). The number of carbonyl (C=O) groups excluding carboxylic acids is 1. The van der Waals surface area contributed by atoms with Crippen molar-refractivity contribution in [1.82, 2.24) is 15.1 Å². The molecule has 1 amide bonds. The summed E-state index contributed by atoms with van der Waals surface area (Å²) < 4.78 is 13.3. The minimum atomic E-state index is -0.202. The summed E-state index contributed by atoms with van der Waals surface area (Å²) in [5, 5.41) is 11.6. The van der Waals surface area contributed by atoms with E-state index in [4.69, 9.17) is 9.15 Å². The van der Waals surface area contributed by atoms with E-state index < -0.39 is 0 Å². The summed E-state index contributed by atoms with van der Waals surface area (Å²) >= 11 is 0. The molecule has 166 valence electrons. The number of amides is 1. The highest BCUT2D eigenvalue weighted by molar-refractivity contribution is 6.04. The van der Waals surface area contributed by atoms with Gasteiger partial charge in [-0.2, -0.15) is 5.10 Å². The van der Waals surface area contributed by atoms with Gasteiger partial charge in [0.2, 0.25) is 0 Å². The van der Waals surface area contributed by atoms with Gasteiger partial charge in [-0.05, 0) is 17.7 Å². The molecule has 2 aromatic heterocycles. The predicted octanol–water partition coefficient (Wildman–Crippen LogP) is 3.88. The van der Waals surface area contributed by atoms with Gasteiger partial charge in [0.15, 0.2) is 0 Å². The molecule has 2 N–H and O–H groups in total. The predicted molar refractivity (Wildman–Crippen MR) is 125 cm³/mol. The summed E-state index contributed by atoms with van der Waals surface area (Å²) in [6.45, 7) is 3.10. The van der Waals surface area contributed by atoms with Crippen LogP contribution in [-0.2, 0) is 17.7 Å². The number of ether oxygens (including phenoxy) is 1. The van der Waals surface area contributed by atoms with E-state index in [1.54, 1.807) is 23.3 Å². The molecule has 1 saturated heterocycles. The number of carbonyl (C=O) groups is 1. The molecule has 2 aromatic carbocycles. The second-order valence-corrected chi connectivity index (χ2v) is 7.74. The number of furan rings is 1. The lowest BCUT2D eigenvalue weighted by Crippen LogP contribution is -2.39. The van der Waals surface area contributed by atoms with Crippen LogP contribution < -0.4 is 10.6 Å². The maximum absolute atomic E-state index is 12.7. The fraction of sp³-hybridized carbons (Fsp3) is 0.250. The Morgan fingerprint density at radius 2 is 2.09 bits per heavy atom. The zero-order valence-corrected chi connectivity index (χ0v) is 18.3. The van der Waals surface area contributed by atoms with E-state index in [1.807, 2.05) is 48.5 Å². The monoisotopic (exact) mass is 452 g/mol. The summed E-state index contributed by atoms with van der Waals surface area (Å²) in [4.78, 5) is 12.7. The normalized spacial score (nSPS) is 15.9. The van der Waals surface area contributed by atoms with Crippen LogP contribution in [0.25, 0.3) is 11.0 Å². The van der Waals surface area contributed by atoms with Crippen molar-refractivity contribution in [3.05, 3.63) is 83.9 Å². The number of nitrogens with zero attached hydrogens (tertiary/aromatic N) is 2. The largest absolute Gasteiger partial charge is 0.464 e. The first-order valence-electron chi connectivity index (χ1n) is 10.4. The number of hydrogen-bond donors (Lipinski definition) is 2. The molecule has 7 nitrogen and oxygen atoms in total. The molecule has 1 unspecified atom stereocenters. The summed E-state index contributed by atoms with van der Waals surface area (Å²) in [7, 11) is 0. The van der Waals surface area contributed by atoms with Crippen molar-refractivity contribution in [2.24, 2.45) is 0 Å². The van der Waals surface area contributed by atoms with Gasteiger partial charge in [0.05, 0.1) is 37.3 Å². The molecule has 4 aromatic rings. The SMILES string of the molecule is Cl.O=C(Nc1ccc2c(CC3CNCCO3)coc2c1)c1cnn(Cc2ccccc2)c1. The van der Waals surface area contributed by atoms with Crippen molar-refractivity contribution in [1.29, 1.82) is 0 Å². The number of aromatic nitrogens is 2. The van der Waals surface area contributed by atoms with Gasteiger partial charge in [0.1, 0.15) is 5.58 Å². The third kappa shape index (κ3) is 5.02. The highest BCUT2D eigenvalue weighted by Crippen LogP contribution is 2.26. The number of morpholine rings is 1. The Bertz CT molecular complexity index is 1180. The van der Waals surface area contributed by atoms with Crippen LogP contribution in [0, 0.1) is 0 Å². The zero-order chi connectivity index (χ0) is 21.0. The smallest absolute Gasteiger partial charge is 0.258 e. The minimum Gasteiger partial charge on any atom is -0.464 e. The first-order chi connectivity index (χ1) is 15.2. The average molecular weight is 453 g/mol. The lowest BCUT2D eigenvalue weighted by Gasteiger charge is -2.23. The first kappa shape index (κ1) is 22.1. The molecule has 0 saturated carbocycles. The Balaban J connectivity index is 0.00000245. The van der Waals surface area contributed by atoms with E-state index >= 15 is 0 Å². The Morgan fingerprint density at radius 3 is 2.91 bits per heavy atom. The van der Waals surface area contributed by atoms with Crippen LogP contribution >= 0.6 is 12.4 Å². The van der Waals surface area contributed by atoms with Crippen LogP contribution in [0.2, 0.25) is 0 Å². The molecule has 0 spiro atoms. The lowest BCUT2D eigenvalue weighted by atomic mass is 10.1. The topological polar surface area (TPSA) is 81.3 Å². The van der Waals surface area contributed by atoms with E-state index in [0.717, 1.165) is 48.2 Å². The van der Waals surface area contributed by atoms with E-state index in [0.29, 0.717) is 17.8 Å². The van der Waals surface area contributed by atoms with Gasteiger partial charge in [0.25, 0.3) is 5.91 Å². The molecule has 3 heterocycles. The van der Waals surface area contributed by atoms with Gasteiger partial charge in [-0.1, -0.05) is 30.3 Å². The van der Waals surface area contributed by atoms with Crippen LogP contribution in [0.4, 0.5) is 5.69 Å². The van der Waals surface area contributed by atoms with Gasteiger partial charge >= 0.3 is 0 Å². The van der Waals surface area contributed by atoms with Crippen LogP contribution in [0.3, 0.4) is 0 Å². The Labute approximate surface area is 192 Å². The molecule has 1 aliphatic heterocycles. The van der Waals surface area contributed by atoms with Crippen molar-refractivity contribution >= 4 is 35.0 Å². The van der Waals surface area contributed by atoms with Crippen molar-refractivity contribution in [2.45, 2.75) is 19.1 Å². The highest BCUT2D eigenvalue weighted by Gasteiger charge is 2.17. The van der Waals surface area contributed by atoms with E-state index in [2.05, 4.69) is 15.7 Å². The number of fused-ring (bicyclic) bond motifs is 1. The molecule has 0 aliphatic carbocycles. The maximum Gasteiger partial charge on any atom is 0.258 e. The van der Waals surface area contributed by atoms with E-state index in [9.17, 15) is 4.79 Å². The fourth-order valence-corrected chi connectivity index (χ4v) is 3.86. The molecule has 0 bridgehead atoms. The Hall–Kier alpha value is -3.13. The second kappa shape index (κ2) is 9.99. The quantitative estimate of drug-likeness (QED) is 0.464. The van der Waals surface area contributed by atoms with E-state index in [1.165, 1.54) is 0 Å². The molecular weight excluding hydrogens is 428 g/mol. The standard InChI is InChI=1S/C24H24N4O3.ClH/c29-24(19-12-26-28(15-19)14-17-4-2-1-3-5-17)27-20-6-7-22-18(16-31-23(22)11-20)10-21-13-25-8-9-30-21;/h1-7,11-12,15-16,21,25H,8-10,13-14H2,(H,27,29);1H. The molecular formula is C24H25ClN4O3. The molecule has 8 heteroatoms. The van der Waals surface area contributed by atoms with E-state index in [-0.39, 0.29) is 24.4 Å². The van der Waals surface area contributed by atoms with Crippen molar-refractivity contribution in [3.8, 4) is 0 Å². The third-order valence-corrected chi connectivity index (χ3v) is 5.45. The van der Waals surface area contributed by atoms with Crippen molar-refractivity contribution in [3.63, 3.8) is 0 Å². The molecule has 1 atom stereocenters. The molecule has 32 heavy (non-hydrogen) atoms. The van der Waals surface area contributed by atoms with Gasteiger partial charge in [-0.15, -0.1) is 12.4 Å². The van der Waals surface area contributed by atoms with Gasteiger partial charge in [-0.3, -0.25) is 9.48 Å². The maximum atomic E-state index is 12.7. The number of hydrogen-bond acceptors (Lipinski definition) is 5. The van der Waals surface area contributed by atoms with Gasteiger partial charge in [0, 0.05) is 48.4 Å². The minimum absolute atomic E-state index is 0. The molecule has 0 radical (unpaired) electrons. The van der Waals surface area contributed by atoms with Crippen molar-refractivity contribution in [2.75, 3.05) is 25.0 Å². The average Bonchev–Trinajstić information content (AvgIpc) is 3.42. The first-order valence-corrected chi connectivity index (χ1v) is 10.4. The Kier molecular flexibility index (Phi) is 6.90. The highest BCUT2D eigenvalue weighted by atomic mass is 35.5. The number of rotatable bonds is 6. The Morgan fingerprint density at radius 1 is 1.22 bits per heavy atom. The number of anilines is 1.